The van der Waals surface area contributed by atoms with Gasteiger partial charge < -0.3 is 4.90 Å². The Morgan fingerprint density at radius 3 is 2.62 bits per heavy atom. The summed E-state index contributed by atoms with van der Waals surface area (Å²) in [6, 6.07) is 12.5. The van der Waals surface area contributed by atoms with E-state index in [1.165, 1.54) is 6.20 Å². The number of anilines is 1. The number of pyridine rings is 2. The highest BCUT2D eigenvalue weighted by Crippen LogP contribution is 2.24. The van der Waals surface area contributed by atoms with Gasteiger partial charge in [0.05, 0.1) is 22.7 Å². The van der Waals surface area contributed by atoms with Crippen molar-refractivity contribution in [2.24, 2.45) is 0 Å². The average Bonchev–Trinajstić information content (AvgIpc) is 2.56. The van der Waals surface area contributed by atoms with Crippen molar-refractivity contribution in [3.8, 4) is 0 Å². The van der Waals surface area contributed by atoms with Gasteiger partial charge in [-0.25, -0.2) is 18.4 Å². The normalized spacial score (nSPS) is 11.8. The minimum atomic E-state index is -3.61. The van der Waals surface area contributed by atoms with E-state index >= 15 is 0 Å². The van der Waals surface area contributed by atoms with Crippen LogP contribution in [0.2, 0.25) is 5.15 Å². The van der Waals surface area contributed by atoms with Crippen LogP contribution in [0.15, 0.2) is 48.7 Å². The second-order valence-electron chi connectivity index (χ2n) is 6.27. The Bertz CT molecular complexity index is 1020. The first kappa shape index (κ1) is 18.6. The number of rotatable bonds is 6. The molecule has 0 radical (unpaired) electrons. The van der Waals surface area contributed by atoms with Crippen molar-refractivity contribution in [1.82, 2.24) is 14.9 Å². The Labute approximate surface area is 157 Å². The lowest BCUT2D eigenvalue weighted by atomic mass is 10.2. The highest BCUT2D eigenvalue weighted by Gasteiger charge is 2.15. The molecule has 3 rings (SSSR count). The molecule has 0 aliphatic carbocycles. The van der Waals surface area contributed by atoms with Gasteiger partial charge in [-0.2, -0.15) is 0 Å². The van der Waals surface area contributed by atoms with Crippen molar-refractivity contribution in [3.63, 3.8) is 0 Å². The Hall–Kier alpha value is -2.22. The number of nitrogens with one attached hydrogen (secondary N) is 1. The van der Waals surface area contributed by atoms with Gasteiger partial charge in [0.2, 0.25) is 10.0 Å². The molecule has 2 heterocycles. The van der Waals surface area contributed by atoms with E-state index in [4.69, 9.17) is 11.6 Å². The van der Waals surface area contributed by atoms with E-state index in [0.717, 1.165) is 11.1 Å². The van der Waals surface area contributed by atoms with Crippen molar-refractivity contribution in [1.29, 1.82) is 0 Å². The lowest BCUT2D eigenvalue weighted by Crippen LogP contribution is -2.16. The van der Waals surface area contributed by atoms with Gasteiger partial charge in [0.25, 0.3) is 0 Å². The Morgan fingerprint density at radius 2 is 1.92 bits per heavy atom. The maximum atomic E-state index is 12.6. The maximum Gasteiger partial charge on any atom is 0.237 e. The highest BCUT2D eigenvalue weighted by atomic mass is 35.5. The molecule has 0 atom stereocenters. The fourth-order valence-corrected chi connectivity index (χ4v) is 3.89. The number of halogens is 1. The summed E-state index contributed by atoms with van der Waals surface area (Å²) in [6.45, 7) is 0.674. The molecule has 1 N–H and O–H groups in total. The maximum absolute atomic E-state index is 12.6. The van der Waals surface area contributed by atoms with E-state index in [9.17, 15) is 8.42 Å². The van der Waals surface area contributed by atoms with Crippen LogP contribution in [0.25, 0.3) is 10.9 Å². The van der Waals surface area contributed by atoms with Crippen LogP contribution < -0.4 is 4.72 Å². The van der Waals surface area contributed by atoms with Crippen LogP contribution in [0, 0.1) is 0 Å². The van der Waals surface area contributed by atoms with Crippen LogP contribution in [0.1, 0.15) is 11.3 Å². The van der Waals surface area contributed by atoms with Gasteiger partial charge in [-0.15, -0.1) is 0 Å². The summed E-state index contributed by atoms with van der Waals surface area (Å²) in [5.41, 5.74) is 2.52. The van der Waals surface area contributed by atoms with E-state index in [1.54, 1.807) is 24.3 Å². The van der Waals surface area contributed by atoms with E-state index in [0.29, 0.717) is 28.5 Å². The first-order valence-electron chi connectivity index (χ1n) is 7.97. The minimum Gasteiger partial charge on any atom is -0.304 e. The molecule has 0 aliphatic heterocycles. The monoisotopic (exact) mass is 390 g/mol. The molecule has 3 aromatic rings. The molecule has 8 heteroatoms. The first-order chi connectivity index (χ1) is 12.3. The van der Waals surface area contributed by atoms with Gasteiger partial charge in [0.1, 0.15) is 5.15 Å². The van der Waals surface area contributed by atoms with Crippen LogP contribution in [-0.2, 0) is 22.3 Å². The number of aromatic nitrogens is 2. The van der Waals surface area contributed by atoms with Crippen molar-refractivity contribution >= 4 is 38.2 Å². The summed E-state index contributed by atoms with van der Waals surface area (Å²) in [5, 5.41) is 1.20. The number of sulfonamides is 1. The lowest BCUT2D eigenvalue weighted by Gasteiger charge is -2.13. The molecule has 1 aromatic carbocycles. The molecule has 0 amide bonds. The summed E-state index contributed by atoms with van der Waals surface area (Å²) < 4.78 is 27.7. The largest absolute Gasteiger partial charge is 0.304 e. The Balaban J connectivity index is 1.90. The molecule has 0 unspecified atom stereocenters. The minimum absolute atomic E-state index is 0.190. The number of benzene rings is 1. The van der Waals surface area contributed by atoms with Crippen LogP contribution in [0.5, 0.6) is 0 Å². The zero-order valence-electron chi connectivity index (χ0n) is 14.5. The first-order valence-corrected chi connectivity index (χ1v) is 10.00. The van der Waals surface area contributed by atoms with E-state index < -0.39 is 10.0 Å². The fourth-order valence-electron chi connectivity index (χ4n) is 2.60. The predicted octanol–water partition coefficient (Wildman–Crippen LogP) is 3.29. The van der Waals surface area contributed by atoms with Gasteiger partial charge in [-0.3, -0.25) is 4.72 Å². The number of nitrogens with zero attached hydrogens (tertiary/aromatic N) is 3. The van der Waals surface area contributed by atoms with Crippen LogP contribution in [0.3, 0.4) is 0 Å². The third kappa shape index (κ3) is 4.69. The zero-order chi connectivity index (χ0) is 18.7. The van der Waals surface area contributed by atoms with Crippen molar-refractivity contribution in [2.45, 2.75) is 12.3 Å². The van der Waals surface area contributed by atoms with Gasteiger partial charge in [0, 0.05) is 18.1 Å². The third-order valence-corrected chi connectivity index (χ3v) is 5.13. The van der Waals surface area contributed by atoms with Gasteiger partial charge in [-0.05, 0) is 37.9 Å². The number of hydrogen-bond acceptors (Lipinski definition) is 5. The van der Waals surface area contributed by atoms with Crippen LogP contribution in [0.4, 0.5) is 5.69 Å². The molecule has 136 valence electrons. The predicted molar refractivity (Wildman–Crippen MR) is 105 cm³/mol. The molecule has 0 fully saturated rings. The summed E-state index contributed by atoms with van der Waals surface area (Å²) in [4.78, 5) is 10.5. The summed E-state index contributed by atoms with van der Waals surface area (Å²) in [5.74, 6) is -0.190. The van der Waals surface area contributed by atoms with E-state index in [2.05, 4.69) is 14.7 Å². The van der Waals surface area contributed by atoms with Crippen LogP contribution >= 0.6 is 11.6 Å². The number of hydrogen-bond donors (Lipinski definition) is 1. The molecular formula is C18H19ClN4O2S. The van der Waals surface area contributed by atoms with E-state index in [-0.39, 0.29) is 5.75 Å². The molecule has 2 aromatic heterocycles. The van der Waals surface area contributed by atoms with Gasteiger partial charge in [0.15, 0.2) is 0 Å². The van der Waals surface area contributed by atoms with Crippen molar-refractivity contribution < 1.29 is 8.42 Å². The molecule has 6 nitrogen and oxygen atoms in total. The second kappa shape index (κ2) is 7.57. The van der Waals surface area contributed by atoms with Gasteiger partial charge >= 0.3 is 0 Å². The summed E-state index contributed by atoms with van der Waals surface area (Å²) in [7, 11) is 0.307. The third-order valence-electron chi connectivity index (χ3n) is 3.67. The molecular weight excluding hydrogens is 372 g/mol. The number of para-hydroxylation sites is 1. The Kier molecular flexibility index (Phi) is 5.41. The molecule has 0 bridgehead atoms. The van der Waals surface area contributed by atoms with Gasteiger partial charge in [-0.1, -0.05) is 35.9 Å². The zero-order valence-corrected chi connectivity index (χ0v) is 16.0. The topological polar surface area (TPSA) is 75.2 Å². The van der Waals surface area contributed by atoms with E-state index in [1.807, 2.05) is 37.2 Å². The lowest BCUT2D eigenvalue weighted by molar-refractivity contribution is 0.397. The molecule has 26 heavy (non-hydrogen) atoms. The van der Waals surface area contributed by atoms with Crippen molar-refractivity contribution in [3.05, 3.63) is 65.1 Å². The molecule has 0 spiro atoms. The quantitative estimate of drug-likeness (QED) is 0.653. The summed E-state index contributed by atoms with van der Waals surface area (Å²) >= 11 is 5.74. The van der Waals surface area contributed by atoms with Crippen molar-refractivity contribution in [2.75, 3.05) is 18.8 Å². The SMILES string of the molecule is CN(C)Cc1ccc2cccc(NS(=O)(=O)Cc3ccc(Cl)nc3)c2n1. The summed E-state index contributed by atoms with van der Waals surface area (Å²) in [6.07, 6.45) is 1.46. The number of fused-ring (bicyclic) bond motifs is 1. The Morgan fingerprint density at radius 1 is 1.12 bits per heavy atom. The fraction of sp³-hybridized carbons (Fsp3) is 0.222. The average molecular weight is 391 g/mol. The molecule has 0 saturated heterocycles. The highest BCUT2D eigenvalue weighted by molar-refractivity contribution is 7.91. The van der Waals surface area contributed by atoms with Crippen LogP contribution in [-0.4, -0.2) is 37.4 Å². The second-order valence-corrected chi connectivity index (χ2v) is 8.38. The standard InChI is InChI=1S/C18H19ClN4O2S/c1-23(2)11-15-8-7-14-4-3-5-16(18(14)21-15)22-26(24,25)12-13-6-9-17(19)20-10-13/h3-10,22H,11-12H2,1-2H3. The molecule has 0 aliphatic rings. The smallest absolute Gasteiger partial charge is 0.237 e. The molecule has 0 saturated carbocycles.